The van der Waals surface area contributed by atoms with Crippen molar-refractivity contribution in [2.24, 2.45) is 0 Å². The molecule has 2 heterocycles. The molecule has 9 aromatic rings. The van der Waals surface area contributed by atoms with E-state index in [0.717, 1.165) is 43.8 Å². The summed E-state index contributed by atoms with van der Waals surface area (Å²) in [5.74, 6) is 0. The van der Waals surface area contributed by atoms with Crippen molar-refractivity contribution >= 4 is 55.6 Å². The minimum absolute atomic E-state index is 0.131. The lowest BCUT2D eigenvalue weighted by molar-refractivity contribution is 0.593. The van der Waals surface area contributed by atoms with Crippen LogP contribution in [-0.4, -0.2) is 4.57 Å². The average Bonchev–Trinajstić information content (AvgIpc) is 3.76. The Bertz CT molecular complexity index is 3020. The average molecular weight is 684 g/mol. The number of para-hydroxylation sites is 1. The third kappa shape index (κ3) is 3.88. The van der Waals surface area contributed by atoms with E-state index in [9.17, 15) is 0 Å². The van der Waals surface area contributed by atoms with Crippen LogP contribution in [0.1, 0.15) is 25.0 Å². The van der Waals surface area contributed by atoms with Gasteiger partial charge in [0, 0.05) is 43.4 Å². The van der Waals surface area contributed by atoms with Crippen molar-refractivity contribution in [1.29, 1.82) is 0 Å². The van der Waals surface area contributed by atoms with Gasteiger partial charge in [-0.2, -0.15) is 0 Å². The zero-order chi connectivity index (χ0) is 34.8. The maximum atomic E-state index is 15.5. The van der Waals surface area contributed by atoms with E-state index in [1.54, 1.807) is 0 Å². The molecule has 0 fully saturated rings. The van der Waals surface area contributed by atoms with E-state index >= 15 is 4.57 Å². The van der Waals surface area contributed by atoms with Crippen LogP contribution in [0.3, 0.4) is 0 Å². The second-order valence-corrected chi connectivity index (χ2v) is 17.5. The van der Waals surface area contributed by atoms with Crippen molar-refractivity contribution in [3.63, 3.8) is 0 Å². The van der Waals surface area contributed by atoms with Gasteiger partial charge in [-0.05, 0) is 86.1 Å². The molecule has 246 valence electrons. The molecule has 8 aromatic carbocycles. The van der Waals surface area contributed by atoms with Crippen LogP contribution in [0.15, 0.2) is 170 Å². The Hall–Kier alpha value is -5.95. The Morgan fingerprint density at radius 1 is 0.500 bits per heavy atom. The molecule has 1 aliphatic carbocycles. The summed E-state index contributed by atoms with van der Waals surface area (Å²) in [6.07, 6.45) is 0. The lowest BCUT2D eigenvalue weighted by Gasteiger charge is -2.22. The van der Waals surface area contributed by atoms with Crippen LogP contribution in [0, 0.1) is 0 Å². The maximum Gasteiger partial charge on any atom is 0.172 e. The van der Waals surface area contributed by atoms with Crippen molar-refractivity contribution in [2.75, 3.05) is 0 Å². The summed E-state index contributed by atoms with van der Waals surface area (Å²) < 4.78 is 18.0. The van der Waals surface area contributed by atoms with E-state index in [2.05, 4.69) is 152 Å². The number of nitrogens with zero attached hydrogens (tertiary/aromatic N) is 1. The first kappa shape index (κ1) is 29.7. The highest BCUT2D eigenvalue weighted by Gasteiger charge is 2.42. The molecule has 1 aromatic heterocycles. The van der Waals surface area contributed by atoms with Crippen molar-refractivity contribution in [1.82, 2.24) is 4.57 Å². The van der Waals surface area contributed by atoms with E-state index in [0.29, 0.717) is 0 Å². The van der Waals surface area contributed by atoms with Crippen LogP contribution in [0.25, 0.3) is 71.6 Å². The summed E-state index contributed by atoms with van der Waals surface area (Å²) in [7, 11) is -3.10. The predicted octanol–water partition coefficient (Wildman–Crippen LogP) is 11.5. The zero-order valence-corrected chi connectivity index (χ0v) is 29.9. The first-order valence-electron chi connectivity index (χ1n) is 18.0. The summed E-state index contributed by atoms with van der Waals surface area (Å²) in [6.45, 7) is 4.69. The summed E-state index contributed by atoms with van der Waals surface area (Å²) in [6, 6.07) is 60.8. The van der Waals surface area contributed by atoms with Gasteiger partial charge in [-0.3, -0.25) is 0 Å². The minimum Gasteiger partial charge on any atom is -0.309 e. The third-order valence-corrected chi connectivity index (χ3v) is 14.9. The fourth-order valence-corrected chi connectivity index (χ4v) is 12.3. The van der Waals surface area contributed by atoms with E-state index in [1.807, 2.05) is 36.4 Å². The van der Waals surface area contributed by atoms with Gasteiger partial charge in [0.1, 0.15) is 0 Å². The van der Waals surface area contributed by atoms with Crippen LogP contribution in [0.2, 0.25) is 0 Å². The first-order valence-corrected chi connectivity index (χ1v) is 19.7. The van der Waals surface area contributed by atoms with Gasteiger partial charge in [-0.15, -0.1) is 0 Å². The molecule has 0 saturated heterocycles. The molecule has 0 radical (unpaired) electrons. The van der Waals surface area contributed by atoms with Gasteiger partial charge in [0.25, 0.3) is 0 Å². The Balaban J connectivity index is 1.17. The SMILES string of the molecule is CC1(C)c2ccc(-c3ccc4ccccc4c3)cc2-c2cc(-n3c4ccccc4c4ccc5c(c43)-c3ccccc3P5(=O)c3ccccc3)ccc21. The Labute approximate surface area is 303 Å². The van der Waals surface area contributed by atoms with Crippen LogP contribution in [0.5, 0.6) is 0 Å². The van der Waals surface area contributed by atoms with Gasteiger partial charge < -0.3 is 9.13 Å². The number of benzene rings is 8. The molecule has 0 N–H and O–H groups in total. The van der Waals surface area contributed by atoms with Gasteiger partial charge in [0.15, 0.2) is 7.14 Å². The van der Waals surface area contributed by atoms with Gasteiger partial charge in [0.05, 0.1) is 11.0 Å². The lowest BCUT2D eigenvalue weighted by atomic mass is 9.82. The summed E-state index contributed by atoms with van der Waals surface area (Å²) in [5.41, 5.74) is 13.1. The highest BCUT2D eigenvalue weighted by molar-refractivity contribution is 7.86. The number of rotatable bonds is 3. The summed E-state index contributed by atoms with van der Waals surface area (Å²) in [5, 5.41) is 7.59. The predicted molar refractivity (Wildman–Crippen MR) is 220 cm³/mol. The molecule has 1 unspecified atom stereocenters. The highest BCUT2D eigenvalue weighted by Crippen LogP contribution is 2.55. The maximum absolute atomic E-state index is 15.5. The molecular weight excluding hydrogens is 650 g/mol. The largest absolute Gasteiger partial charge is 0.309 e. The minimum atomic E-state index is -3.10. The molecule has 0 amide bonds. The van der Waals surface area contributed by atoms with E-state index < -0.39 is 7.14 Å². The quantitative estimate of drug-likeness (QED) is 0.170. The summed E-state index contributed by atoms with van der Waals surface area (Å²) in [4.78, 5) is 0. The molecule has 52 heavy (non-hydrogen) atoms. The molecule has 11 rings (SSSR count). The second-order valence-electron chi connectivity index (χ2n) is 14.8. The standard InChI is InChI=1S/C49H34NOP/c1-49(2)42-25-22-34(33-21-20-31-12-6-7-13-32(31)28-33)29-40(42)41-30-35(23-26-43(41)49)50-44-18-10-8-16-37(44)38-24-27-46-47(48(38)50)39-17-9-11-19-45(39)52(46,51)36-14-4-3-5-15-36/h3-30H,1-2H3. The van der Waals surface area contributed by atoms with Crippen LogP contribution in [0.4, 0.5) is 0 Å². The Kier molecular flexibility index (Phi) is 6.03. The normalized spacial score (nSPS) is 16.6. The number of hydrogen-bond donors (Lipinski definition) is 0. The zero-order valence-electron chi connectivity index (χ0n) is 29.0. The molecule has 0 bridgehead atoms. The van der Waals surface area contributed by atoms with Crippen LogP contribution < -0.4 is 15.9 Å². The Morgan fingerprint density at radius 2 is 1.17 bits per heavy atom. The summed E-state index contributed by atoms with van der Waals surface area (Å²) >= 11 is 0. The molecule has 3 heteroatoms. The van der Waals surface area contributed by atoms with Crippen molar-refractivity contribution in [3.05, 3.63) is 181 Å². The van der Waals surface area contributed by atoms with Crippen LogP contribution >= 0.6 is 7.14 Å². The highest BCUT2D eigenvalue weighted by atomic mass is 31.2. The molecule has 0 saturated carbocycles. The van der Waals surface area contributed by atoms with Gasteiger partial charge in [-0.1, -0.05) is 147 Å². The monoisotopic (exact) mass is 683 g/mol. The molecule has 2 aliphatic rings. The van der Waals surface area contributed by atoms with E-state index in [4.69, 9.17) is 0 Å². The molecule has 0 spiro atoms. The molecule has 1 aliphatic heterocycles. The second kappa shape index (κ2) is 10.5. The smallest absolute Gasteiger partial charge is 0.172 e. The fraction of sp³-hybridized carbons (Fsp3) is 0.0612. The molecular formula is C49H34NOP. The third-order valence-electron chi connectivity index (χ3n) is 11.8. The lowest BCUT2D eigenvalue weighted by Crippen LogP contribution is -2.20. The van der Waals surface area contributed by atoms with E-state index in [1.165, 1.54) is 54.9 Å². The number of aromatic nitrogens is 1. The van der Waals surface area contributed by atoms with Gasteiger partial charge in [0.2, 0.25) is 0 Å². The fourth-order valence-electron chi connectivity index (χ4n) is 9.29. The van der Waals surface area contributed by atoms with Crippen molar-refractivity contribution < 1.29 is 4.57 Å². The first-order chi connectivity index (χ1) is 25.4. The topological polar surface area (TPSA) is 22.0 Å². The number of hydrogen-bond acceptors (Lipinski definition) is 1. The van der Waals surface area contributed by atoms with E-state index in [-0.39, 0.29) is 5.41 Å². The van der Waals surface area contributed by atoms with Crippen molar-refractivity contribution in [2.45, 2.75) is 19.3 Å². The van der Waals surface area contributed by atoms with Crippen molar-refractivity contribution in [3.8, 4) is 39.1 Å². The Morgan fingerprint density at radius 3 is 2.04 bits per heavy atom. The number of fused-ring (bicyclic) bond motifs is 11. The van der Waals surface area contributed by atoms with Gasteiger partial charge >= 0.3 is 0 Å². The molecule has 1 atom stereocenters. The van der Waals surface area contributed by atoms with Crippen LogP contribution in [-0.2, 0) is 9.98 Å². The molecule has 2 nitrogen and oxygen atoms in total. The van der Waals surface area contributed by atoms with Gasteiger partial charge in [-0.25, -0.2) is 0 Å².